The van der Waals surface area contributed by atoms with Crippen molar-refractivity contribution in [2.75, 3.05) is 19.6 Å². The first kappa shape index (κ1) is 8.21. The van der Waals surface area contributed by atoms with E-state index in [-0.39, 0.29) is 0 Å². The van der Waals surface area contributed by atoms with Gasteiger partial charge >= 0.3 is 0 Å². The van der Waals surface area contributed by atoms with Crippen LogP contribution in [-0.2, 0) is 9.78 Å². The normalized spacial score (nSPS) is 9.75. The van der Waals surface area contributed by atoms with Crippen LogP contribution in [0, 0.1) is 0 Å². The zero-order valence-electron chi connectivity index (χ0n) is 5.02. The largest absolute Gasteiger partial charge is 0.240 e. The highest BCUT2D eigenvalue weighted by Crippen LogP contribution is 1.91. The Morgan fingerprint density at radius 3 is 2.62 bits per heavy atom. The van der Waals surface area contributed by atoms with Gasteiger partial charge in [-0.15, -0.1) is 11.6 Å². The predicted molar refractivity (Wildman–Crippen MR) is 32.9 cm³/mol. The van der Waals surface area contributed by atoms with E-state index in [4.69, 9.17) is 11.6 Å². The molecule has 50 valence electrons. The van der Waals surface area contributed by atoms with Crippen molar-refractivity contribution in [2.24, 2.45) is 0 Å². The van der Waals surface area contributed by atoms with Gasteiger partial charge in [0, 0.05) is 5.88 Å². The number of alkyl halides is 1. The lowest BCUT2D eigenvalue weighted by atomic mass is 10.4. The summed E-state index contributed by atoms with van der Waals surface area (Å²) in [6, 6.07) is 0. The second-order valence-electron chi connectivity index (χ2n) is 1.38. The zero-order valence-corrected chi connectivity index (χ0v) is 5.78. The topological polar surface area (TPSA) is 18.5 Å². The van der Waals surface area contributed by atoms with Gasteiger partial charge < -0.3 is 0 Å². The van der Waals surface area contributed by atoms with Crippen LogP contribution in [0.15, 0.2) is 0 Å². The average molecular weight is 139 g/mol. The summed E-state index contributed by atoms with van der Waals surface area (Å²) in [6.07, 6.45) is 1.96. The minimum atomic E-state index is 0.642. The van der Waals surface area contributed by atoms with E-state index < -0.39 is 0 Å². The van der Waals surface area contributed by atoms with Gasteiger partial charge in [0.1, 0.15) is 0 Å². The highest BCUT2D eigenvalue weighted by atomic mass is 35.5. The van der Waals surface area contributed by atoms with Gasteiger partial charge in [0.05, 0.1) is 13.7 Å². The number of rotatable bonds is 5. The number of hydrogen-bond donors (Lipinski definition) is 0. The summed E-state index contributed by atoms with van der Waals surface area (Å²) in [7, 11) is 1.50. The molecule has 0 unspecified atom stereocenters. The summed E-state index contributed by atoms with van der Waals surface area (Å²) >= 11 is 5.38. The molecule has 0 aromatic carbocycles. The van der Waals surface area contributed by atoms with E-state index in [0.717, 1.165) is 12.8 Å². The summed E-state index contributed by atoms with van der Waals surface area (Å²) in [4.78, 5) is 8.92. The maximum absolute atomic E-state index is 5.38. The predicted octanol–water partition coefficient (Wildman–Crippen LogP) is 1.58. The van der Waals surface area contributed by atoms with E-state index in [9.17, 15) is 0 Å². The Bertz CT molecular complexity index is 35.4. The van der Waals surface area contributed by atoms with Gasteiger partial charge in [-0.3, -0.25) is 0 Å². The fourth-order valence-electron chi connectivity index (χ4n) is 0.339. The van der Waals surface area contributed by atoms with E-state index in [1.165, 1.54) is 7.11 Å². The van der Waals surface area contributed by atoms with Gasteiger partial charge in [-0.05, 0) is 12.8 Å². The minimum absolute atomic E-state index is 0.642. The zero-order chi connectivity index (χ0) is 6.24. The molecule has 0 aliphatic rings. The fourth-order valence-corrected chi connectivity index (χ4v) is 0.528. The number of unbranched alkanes of at least 4 members (excludes halogenated alkanes) is 1. The van der Waals surface area contributed by atoms with E-state index in [1.807, 2.05) is 0 Å². The molecule has 0 aromatic heterocycles. The van der Waals surface area contributed by atoms with E-state index in [2.05, 4.69) is 9.78 Å². The molecule has 0 spiro atoms. The average Bonchev–Trinajstić information content (AvgIpc) is 1.81. The Morgan fingerprint density at radius 2 is 2.12 bits per heavy atom. The van der Waals surface area contributed by atoms with Gasteiger partial charge in [0.25, 0.3) is 0 Å². The summed E-state index contributed by atoms with van der Waals surface area (Å²) < 4.78 is 0. The van der Waals surface area contributed by atoms with Crippen molar-refractivity contribution in [3.8, 4) is 0 Å². The molecule has 0 heterocycles. The molecule has 0 aliphatic carbocycles. The standard InChI is InChI=1S/C5H11ClO2/c1-7-8-5-3-2-4-6/h2-5H2,1H3. The van der Waals surface area contributed by atoms with Crippen molar-refractivity contribution in [3.05, 3.63) is 0 Å². The molecule has 2 nitrogen and oxygen atoms in total. The lowest BCUT2D eigenvalue weighted by molar-refractivity contribution is -0.272. The summed E-state index contributed by atoms with van der Waals surface area (Å²) in [5.74, 6) is 0.701. The van der Waals surface area contributed by atoms with Crippen LogP contribution in [0.3, 0.4) is 0 Å². The quantitative estimate of drug-likeness (QED) is 0.249. The monoisotopic (exact) mass is 138 g/mol. The Morgan fingerprint density at radius 1 is 1.38 bits per heavy atom. The molecule has 3 heteroatoms. The number of halogens is 1. The van der Waals surface area contributed by atoms with Crippen molar-refractivity contribution in [3.63, 3.8) is 0 Å². The van der Waals surface area contributed by atoms with Gasteiger partial charge in [0.15, 0.2) is 0 Å². The Labute approximate surface area is 54.7 Å². The van der Waals surface area contributed by atoms with E-state index in [0.29, 0.717) is 12.5 Å². The van der Waals surface area contributed by atoms with Crippen LogP contribution in [0.4, 0.5) is 0 Å². The third kappa shape index (κ3) is 6.21. The molecule has 0 aromatic rings. The maximum Gasteiger partial charge on any atom is 0.0822 e. The SMILES string of the molecule is COOCCCCCl. The minimum Gasteiger partial charge on any atom is -0.240 e. The van der Waals surface area contributed by atoms with Crippen LogP contribution in [0.2, 0.25) is 0 Å². The van der Waals surface area contributed by atoms with E-state index >= 15 is 0 Å². The van der Waals surface area contributed by atoms with Crippen molar-refractivity contribution in [1.29, 1.82) is 0 Å². The van der Waals surface area contributed by atoms with Gasteiger partial charge in [-0.1, -0.05) is 0 Å². The molecule has 0 radical (unpaired) electrons. The Kier molecular flexibility index (Phi) is 7.40. The van der Waals surface area contributed by atoms with Crippen molar-refractivity contribution in [2.45, 2.75) is 12.8 Å². The first-order chi connectivity index (χ1) is 3.91. The summed E-state index contributed by atoms with van der Waals surface area (Å²) in [5, 5.41) is 0. The molecule has 0 rings (SSSR count). The van der Waals surface area contributed by atoms with E-state index in [1.54, 1.807) is 0 Å². The van der Waals surface area contributed by atoms with Crippen LogP contribution in [-0.4, -0.2) is 19.6 Å². The second-order valence-corrected chi connectivity index (χ2v) is 1.76. The third-order valence-corrected chi connectivity index (χ3v) is 0.996. The van der Waals surface area contributed by atoms with Crippen LogP contribution < -0.4 is 0 Å². The molecule has 0 atom stereocenters. The van der Waals surface area contributed by atoms with Crippen LogP contribution in [0.25, 0.3) is 0 Å². The lowest BCUT2D eigenvalue weighted by Gasteiger charge is -1.95. The van der Waals surface area contributed by atoms with Crippen LogP contribution in [0.5, 0.6) is 0 Å². The molecular formula is C5H11ClO2. The molecular weight excluding hydrogens is 128 g/mol. The van der Waals surface area contributed by atoms with Crippen molar-refractivity contribution < 1.29 is 9.78 Å². The van der Waals surface area contributed by atoms with Crippen molar-refractivity contribution >= 4 is 11.6 Å². The highest BCUT2D eigenvalue weighted by Gasteiger charge is 1.84. The molecule has 0 saturated carbocycles. The van der Waals surface area contributed by atoms with Crippen LogP contribution in [0.1, 0.15) is 12.8 Å². The second kappa shape index (κ2) is 7.21. The number of hydrogen-bond acceptors (Lipinski definition) is 2. The van der Waals surface area contributed by atoms with Gasteiger partial charge in [-0.25, -0.2) is 9.78 Å². The third-order valence-electron chi connectivity index (χ3n) is 0.729. The smallest absolute Gasteiger partial charge is 0.0822 e. The Balaban J connectivity index is 2.53. The molecule has 0 aliphatic heterocycles. The molecule has 0 bridgehead atoms. The Hall–Kier alpha value is 0.210. The molecule has 0 amide bonds. The lowest BCUT2D eigenvalue weighted by Crippen LogP contribution is -1.92. The fraction of sp³-hybridized carbons (Fsp3) is 1.00. The van der Waals surface area contributed by atoms with Gasteiger partial charge in [0.2, 0.25) is 0 Å². The van der Waals surface area contributed by atoms with Crippen molar-refractivity contribution in [1.82, 2.24) is 0 Å². The molecule has 8 heavy (non-hydrogen) atoms. The molecule has 0 saturated heterocycles. The summed E-state index contributed by atoms with van der Waals surface area (Å²) in [6.45, 7) is 0.642. The maximum atomic E-state index is 5.38. The molecule has 0 N–H and O–H groups in total. The van der Waals surface area contributed by atoms with Crippen LogP contribution >= 0.6 is 11.6 Å². The summed E-state index contributed by atoms with van der Waals surface area (Å²) in [5.41, 5.74) is 0. The van der Waals surface area contributed by atoms with Gasteiger partial charge in [-0.2, -0.15) is 0 Å². The first-order valence-electron chi connectivity index (χ1n) is 2.63. The highest BCUT2D eigenvalue weighted by molar-refractivity contribution is 6.17. The first-order valence-corrected chi connectivity index (χ1v) is 3.17. The molecule has 0 fully saturated rings.